The number of anilines is 6. The Morgan fingerprint density at radius 1 is 0.531 bits per heavy atom. The number of rotatable bonds is 3. The fraction of sp³-hybridized carbons (Fsp3) is 0.367. The van der Waals surface area contributed by atoms with E-state index in [1.165, 1.54) is 107 Å². The second-order valence-corrected chi connectivity index (χ2v) is 23.7. The average molecular weight is 841 g/mol. The van der Waals surface area contributed by atoms with Crippen LogP contribution in [0.25, 0.3) is 22.1 Å². The van der Waals surface area contributed by atoms with E-state index >= 15 is 0 Å². The Labute approximate surface area is 383 Å². The minimum atomic E-state index is -0.101. The first-order valence-corrected chi connectivity index (χ1v) is 24.0. The Morgan fingerprint density at radius 3 is 1.78 bits per heavy atom. The second-order valence-electron chi connectivity index (χ2n) is 23.7. The van der Waals surface area contributed by atoms with Gasteiger partial charge in [-0.25, -0.2) is 0 Å². The molecule has 0 spiro atoms. The lowest BCUT2D eigenvalue weighted by molar-refractivity contribution is 0.332. The standard InChI is InChI=1S/C60H65BN2O/c1-36-19-23-47-49(29-36)63(48-24-20-39(56(3,4)5)32-41(48)38-17-15-14-16-18-38)51-31-37(2)30-50-53(51)61(47)55-54(42-34-45-46(35-52(42)64-55)60(12,13)28-27-59(45,10)11)62(50)40-21-22-43-44(33-40)58(8,9)26-25-57(43,6)7/h14-24,29-35H,25-28H2,1-13H3. The molecule has 3 heterocycles. The predicted molar refractivity (Wildman–Crippen MR) is 274 cm³/mol. The van der Waals surface area contributed by atoms with Gasteiger partial charge in [0.25, 0.3) is 6.71 Å². The SMILES string of the molecule is Cc1ccc2c(c1)N(c1ccc(C(C)(C)C)cc1-c1ccccc1)c1cc(C)cc3c1B2c1oc2cc4c(cc2c1N3c1ccc2c(c1)C(C)(C)CCC2(C)C)C(C)(C)CCC4(C)C. The van der Waals surface area contributed by atoms with Crippen LogP contribution < -0.4 is 26.4 Å². The van der Waals surface area contributed by atoms with Crippen LogP contribution in [0.4, 0.5) is 34.1 Å². The van der Waals surface area contributed by atoms with Crippen molar-refractivity contribution in [3.63, 3.8) is 0 Å². The second kappa shape index (κ2) is 13.5. The summed E-state index contributed by atoms with van der Waals surface area (Å²) in [6, 6.07) is 42.6. The highest BCUT2D eigenvalue weighted by molar-refractivity contribution is 7.00. The molecule has 0 unspecified atom stereocenters. The van der Waals surface area contributed by atoms with Crippen LogP contribution in [0.1, 0.15) is 141 Å². The van der Waals surface area contributed by atoms with Gasteiger partial charge < -0.3 is 14.2 Å². The third-order valence-electron chi connectivity index (χ3n) is 16.2. The molecular formula is C60H65BN2O. The molecule has 3 nitrogen and oxygen atoms in total. The first-order valence-electron chi connectivity index (χ1n) is 24.0. The molecule has 0 amide bonds. The lowest BCUT2D eigenvalue weighted by Gasteiger charge is -2.45. The smallest absolute Gasteiger partial charge is 0.297 e. The summed E-state index contributed by atoms with van der Waals surface area (Å²) in [7, 11) is 0. The maximum atomic E-state index is 7.55. The predicted octanol–water partition coefficient (Wildman–Crippen LogP) is 14.8. The van der Waals surface area contributed by atoms with Gasteiger partial charge in [0.1, 0.15) is 5.58 Å². The van der Waals surface area contributed by atoms with E-state index in [4.69, 9.17) is 4.42 Å². The molecule has 4 aliphatic rings. The third-order valence-corrected chi connectivity index (χ3v) is 16.2. The van der Waals surface area contributed by atoms with Crippen molar-refractivity contribution >= 4 is 68.4 Å². The van der Waals surface area contributed by atoms with E-state index in [0.717, 1.165) is 30.5 Å². The van der Waals surface area contributed by atoms with Crippen LogP contribution >= 0.6 is 0 Å². The van der Waals surface area contributed by atoms with Crippen molar-refractivity contribution in [1.29, 1.82) is 0 Å². The zero-order valence-corrected chi connectivity index (χ0v) is 40.6. The zero-order valence-electron chi connectivity index (χ0n) is 40.6. The van der Waals surface area contributed by atoms with E-state index in [9.17, 15) is 0 Å². The molecule has 1 aromatic heterocycles. The number of nitrogens with zero attached hydrogens (tertiary/aromatic N) is 2. The zero-order chi connectivity index (χ0) is 45.0. The van der Waals surface area contributed by atoms with Crippen molar-refractivity contribution in [2.75, 3.05) is 9.80 Å². The number of furan rings is 1. The topological polar surface area (TPSA) is 19.6 Å². The number of hydrogen-bond acceptors (Lipinski definition) is 3. The molecule has 0 saturated carbocycles. The Balaban J connectivity index is 1.25. The van der Waals surface area contributed by atoms with Crippen LogP contribution in [0, 0.1) is 13.8 Å². The van der Waals surface area contributed by atoms with Gasteiger partial charge in [-0.1, -0.05) is 131 Å². The molecule has 6 aromatic carbocycles. The van der Waals surface area contributed by atoms with Crippen LogP contribution in [-0.4, -0.2) is 6.71 Å². The monoisotopic (exact) mass is 841 g/mol. The van der Waals surface area contributed by atoms with Gasteiger partial charge in [0.2, 0.25) is 0 Å². The number of aryl methyl sites for hydroxylation is 2. The molecule has 11 rings (SSSR count). The fourth-order valence-corrected chi connectivity index (χ4v) is 12.1. The molecule has 64 heavy (non-hydrogen) atoms. The van der Waals surface area contributed by atoms with Crippen LogP contribution in [0.15, 0.2) is 114 Å². The van der Waals surface area contributed by atoms with Crippen molar-refractivity contribution in [2.24, 2.45) is 0 Å². The first kappa shape index (κ1) is 41.2. The molecule has 4 heteroatoms. The van der Waals surface area contributed by atoms with E-state index in [1.54, 1.807) is 0 Å². The molecule has 0 saturated heterocycles. The lowest BCUT2D eigenvalue weighted by Crippen LogP contribution is -2.61. The van der Waals surface area contributed by atoms with E-state index in [0.29, 0.717) is 0 Å². The number of fused-ring (bicyclic) bond motifs is 8. The van der Waals surface area contributed by atoms with Gasteiger partial charge in [-0.15, -0.1) is 0 Å². The summed E-state index contributed by atoms with van der Waals surface area (Å²) in [6.07, 6.45) is 4.68. The van der Waals surface area contributed by atoms with Gasteiger partial charge in [-0.3, -0.25) is 0 Å². The van der Waals surface area contributed by atoms with Gasteiger partial charge in [0.05, 0.1) is 17.0 Å². The van der Waals surface area contributed by atoms with Crippen molar-refractivity contribution in [1.82, 2.24) is 0 Å². The van der Waals surface area contributed by atoms with E-state index in [1.807, 2.05) is 0 Å². The quantitative estimate of drug-likeness (QED) is 0.165. The molecule has 2 aliphatic carbocycles. The Bertz CT molecular complexity index is 3080. The molecule has 0 bridgehead atoms. The molecule has 0 N–H and O–H groups in total. The first-order chi connectivity index (χ1) is 30.1. The molecule has 7 aromatic rings. The summed E-state index contributed by atoms with van der Waals surface area (Å²) in [5, 5.41) is 1.21. The average Bonchev–Trinajstić information content (AvgIpc) is 3.61. The van der Waals surface area contributed by atoms with E-state index < -0.39 is 0 Å². The summed E-state index contributed by atoms with van der Waals surface area (Å²) >= 11 is 0. The van der Waals surface area contributed by atoms with Crippen LogP contribution in [-0.2, 0) is 27.1 Å². The van der Waals surface area contributed by atoms with Gasteiger partial charge in [0.15, 0.2) is 0 Å². The summed E-state index contributed by atoms with van der Waals surface area (Å²) in [5.41, 5.74) is 24.3. The third kappa shape index (κ3) is 6.06. The minimum absolute atomic E-state index is 0.00739. The Hall–Kier alpha value is -5.48. The highest BCUT2D eigenvalue weighted by Gasteiger charge is 2.49. The molecule has 2 aliphatic heterocycles. The summed E-state index contributed by atoms with van der Waals surface area (Å²) in [5.74, 6) is 0. The Morgan fingerprint density at radius 2 is 1.12 bits per heavy atom. The maximum Gasteiger partial charge on any atom is 0.297 e. The summed E-state index contributed by atoms with van der Waals surface area (Å²) in [6.45, 7) is 30.9. The Kier molecular flexibility index (Phi) is 8.72. The molecule has 0 radical (unpaired) electrons. The normalized spacial score (nSPS) is 18.5. The lowest BCUT2D eigenvalue weighted by atomic mass is 9.35. The summed E-state index contributed by atoms with van der Waals surface area (Å²) in [4.78, 5) is 5.21. The van der Waals surface area contributed by atoms with Gasteiger partial charge in [-0.05, 0) is 177 Å². The highest BCUT2D eigenvalue weighted by Crippen LogP contribution is 2.54. The van der Waals surface area contributed by atoms with Gasteiger partial charge in [0, 0.05) is 33.7 Å². The van der Waals surface area contributed by atoms with Crippen molar-refractivity contribution in [3.8, 4) is 11.1 Å². The van der Waals surface area contributed by atoms with Crippen LogP contribution in [0.3, 0.4) is 0 Å². The largest absolute Gasteiger partial charge is 0.468 e. The van der Waals surface area contributed by atoms with Crippen molar-refractivity contribution in [2.45, 2.75) is 143 Å². The van der Waals surface area contributed by atoms with Crippen molar-refractivity contribution in [3.05, 3.63) is 148 Å². The molecule has 0 fully saturated rings. The number of benzene rings is 6. The van der Waals surface area contributed by atoms with Gasteiger partial charge >= 0.3 is 0 Å². The van der Waals surface area contributed by atoms with Gasteiger partial charge in [-0.2, -0.15) is 0 Å². The van der Waals surface area contributed by atoms with Crippen molar-refractivity contribution < 1.29 is 4.42 Å². The number of hydrogen-bond donors (Lipinski definition) is 0. The molecular weight excluding hydrogens is 775 g/mol. The molecule has 0 atom stereocenters. The summed E-state index contributed by atoms with van der Waals surface area (Å²) < 4.78 is 7.55. The minimum Gasteiger partial charge on any atom is -0.468 e. The highest BCUT2D eigenvalue weighted by atomic mass is 16.3. The van der Waals surface area contributed by atoms with E-state index in [2.05, 4.69) is 209 Å². The van der Waals surface area contributed by atoms with Crippen LogP contribution in [0.5, 0.6) is 0 Å². The maximum absolute atomic E-state index is 7.55. The van der Waals surface area contributed by atoms with E-state index in [-0.39, 0.29) is 33.8 Å². The fourth-order valence-electron chi connectivity index (χ4n) is 12.1. The molecule has 324 valence electrons. The van der Waals surface area contributed by atoms with Crippen LogP contribution in [0.2, 0.25) is 0 Å².